The van der Waals surface area contributed by atoms with Gasteiger partial charge in [0.2, 0.25) is 0 Å². The molecule has 0 radical (unpaired) electrons. The van der Waals surface area contributed by atoms with E-state index in [-0.39, 0.29) is 0 Å². The Morgan fingerprint density at radius 1 is 1.00 bits per heavy atom. The molecule has 7 heteroatoms. The molecular formula is C13H24N4OPS+. The molecule has 0 fully saturated rings. The van der Waals surface area contributed by atoms with Crippen LogP contribution < -0.4 is 5.06 Å². The van der Waals surface area contributed by atoms with E-state index >= 15 is 0 Å². The summed E-state index contributed by atoms with van der Waals surface area (Å²) in [7, 11) is 10.4. The van der Waals surface area contributed by atoms with Gasteiger partial charge >= 0.3 is 7.94 Å². The summed E-state index contributed by atoms with van der Waals surface area (Å²) < 4.78 is 13.0. The standard InChI is InChI=1S/C13H24N4OPS/c1-14(2)19(15(3)4,16(5)6)18-17-11-20-13-10-8-7-9-12(13)17/h7-10H,11H2,1-6H3/q+1. The lowest BCUT2D eigenvalue weighted by molar-refractivity contribution is 0.227. The quantitative estimate of drug-likeness (QED) is 0.774. The minimum Gasteiger partial charge on any atom is -0.199 e. The first-order valence-corrected chi connectivity index (χ1v) is 9.06. The topological polar surface area (TPSA) is 22.2 Å². The fourth-order valence-electron chi connectivity index (χ4n) is 2.48. The molecule has 1 heterocycles. The minimum absolute atomic E-state index is 0.830. The highest BCUT2D eigenvalue weighted by atomic mass is 32.2. The molecule has 2 rings (SSSR count). The fraction of sp³-hybridized carbons (Fsp3) is 0.538. The maximum atomic E-state index is 6.51. The van der Waals surface area contributed by atoms with Crippen LogP contribution in [0.15, 0.2) is 29.2 Å². The second-order valence-electron chi connectivity index (χ2n) is 5.26. The summed E-state index contributed by atoms with van der Waals surface area (Å²) in [6.45, 7) is 0. The first kappa shape index (κ1) is 16.0. The predicted molar refractivity (Wildman–Crippen MR) is 88.7 cm³/mol. The van der Waals surface area contributed by atoms with Crippen molar-refractivity contribution in [2.75, 3.05) is 53.2 Å². The Morgan fingerprint density at radius 3 is 2.10 bits per heavy atom. The van der Waals surface area contributed by atoms with Gasteiger partial charge in [-0.25, -0.2) is 0 Å². The molecule has 1 aliphatic rings. The molecule has 20 heavy (non-hydrogen) atoms. The number of benzene rings is 1. The van der Waals surface area contributed by atoms with Gasteiger partial charge in [0, 0.05) is 47.2 Å². The van der Waals surface area contributed by atoms with Crippen molar-refractivity contribution in [3.8, 4) is 0 Å². The van der Waals surface area contributed by atoms with Crippen LogP contribution in [0.25, 0.3) is 0 Å². The van der Waals surface area contributed by atoms with Crippen LogP contribution in [0.5, 0.6) is 0 Å². The Hall–Kier alpha value is -0.360. The number of hydrogen-bond acceptors (Lipinski definition) is 6. The molecule has 112 valence electrons. The fourth-order valence-corrected chi connectivity index (χ4v) is 6.49. The van der Waals surface area contributed by atoms with Crippen LogP contribution in [0.4, 0.5) is 5.69 Å². The van der Waals surface area contributed by atoms with Crippen LogP contribution in [-0.2, 0) is 4.62 Å². The van der Waals surface area contributed by atoms with E-state index in [1.165, 1.54) is 4.90 Å². The van der Waals surface area contributed by atoms with Gasteiger partial charge in [-0.05, 0) is 12.1 Å². The lowest BCUT2D eigenvalue weighted by Gasteiger charge is -2.38. The molecule has 0 aromatic heterocycles. The van der Waals surface area contributed by atoms with E-state index in [0.717, 1.165) is 11.6 Å². The Labute approximate surface area is 127 Å². The van der Waals surface area contributed by atoms with Crippen molar-refractivity contribution in [3.63, 3.8) is 0 Å². The predicted octanol–water partition coefficient (Wildman–Crippen LogP) is 2.85. The number of hydrogen-bond donors (Lipinski definition) is 0. The molecule has 0 amide bonds. The summed E-state index contributed by atoms with van der Waals surface area (Å²) in [6.07, 6.45) is 0. The van der Waals surface area contributed by atoms with Gasteiger partial charge in [0.1, 0.15) is 0 Å². The van der Waals surface area contributed by atoms with Crippen molar-refractivity contribution in [3.05, 3.63) is 24.3 Å². The molecule has 1 aliphatic heterocycles. The van der Waals surface area contributed by atoms with E-state index < -0.39 is 7.94 Å². The van der Waals surface area contributed by atoms with Crippen LogP contribution in [0.1, 0.15) is 0 Å². The lowest BCUT2D eigenvalue weighted by Crippen LogP contribution is -2.41. The number of anilines is 1. The monoisotopic (exact) mass is 315 g/mol. The van der Waals surface area contributed by atoms with Gasteiger partial charge in [-0.3, -0.25) is 0 Å². The Kier molecular flexibility index (Phi) is 4.95. The van der Waals surface area contributed by atoms with E-state index in [1.54, 1.807) is 0 Å². The smallest absolute Gasteiger partial charge is 0.199 e. The van der Waals surface area contributed by atoms with Crippen molar-refractivity contribution in [2.45, 2.75) is 4.90 Å². The van der Waals surface area contributed by atoms with Gasteiger partial charge in [-0.2, -0.15) is 5.06 Å². The van der Waals surface area contributed by atoms with Gasteiger partial charge in [0.05, 0.1) is 11.6 Å². The van der Waals surface area contributed by atoms with E-state index in [4.69, 9.17) is 4.62 Å². The molecule has 0 aliphatic carbocycles. The molecule has 1 aromatic rings. The summed E-state index contributed by atoms with van der Waals surface area (Å²) in [4.78, 5) is 1.28. The van der Waals surface area contributed by atoms with Gasteiger partial charge in [-0.1, -0.05) is 28.5 Å². The van der Waals surface area contributed by atoms with Crippen molar-refractivity contribution >= 4 is 25.4 Å². The zero-order chi connectivity index (χ0) is 14.9. The highest BCUT2D eigenvalue weighted by Crippen LogP contribution is 2.66. The van der Waals surface area contributed by atoms with Crippen molar-refractivity contribution in [1.82, 2.24) is 14.0 Å². The van der Waals surface area contributed by atoms with Crippen molar-refractivity contribution in [1.29, 1.82) is 0 Å². The summed E-state index contributed by atoms with van der Waals surface area (Å²) >= 11 is 1.81. The summed E-state index contributed by atoms with van der Waals surface area (Å²) in [5, 5.41) is 2.02. The number of rotatable bonds is 5. The third-order valence-corrected chi connectivity index (χ3v) is 7.81. The molecule has 0 spiro atoms. The number of fused-ring (bicyclic) bond motifs is 1. The molecule has 0 unspecified atom stereocenters. The average Bonchev–Trinajstić information content (AvgIpc) is 2.77. The molecular weight excluding hydrogens is 291 g/mol. The average molecular weight is 315 g/mol. The summed E-state index contributed by atoms with van der Waals surface area (Å²) in [5.41, 5.74) is 1.16. The van der Waals surface area contributed by atoms with Crippen molar-refractivity contribution in [2.24, 2.45) is 0 Å². The SMILES string of the molecule is CN(C)[P+](ON1CSc2ccccc21)(N(C)C)N(C)C. The van der Waals surface area contributed by atoms with Gasteiger partial charge < -0.3 is 0 Å². The van der Waals surface area contributed by atoms with Crippen LogP contribution in [0.2, 0.25) is 0 Å². The number of nitrogens with zero attached hydrogens (tertiary/aromatic N) is 4. The number of hydroxylamine groups is 1. The maximum Gasteiger partial charge on any atom is 0.401 e. The van der Waals surface area contributed by atoms with Crippen LogP contribution >= 0.6 is 19.7 Å². The van der Waals surface area contributed by atoms with E-state index in [2.05, 4.69) is 80.6 Å². The molecule has 0 N–H and O–H groups in total. The van der Waals surface area contributed by atoms with E-state index in [9.17, 15) is 0 Å². The van der Waals surface area contributed by atoms with Crippen molar-refractivity contribution < 1.29 is 4.62 Å². The lowest BCUT2D eigenvalue weighted by atomic mass is 10.3. The highest BCUT2D eigenvalue weighted by Gasteiger charge is 2.54. The molecule has 0 bridgehead atoms. The van der Waals surface area contributed by atoms with Crippen LogP contribution in [-0.4, -0.2) is 62.2 Å². The normalized spacial score (nSPS) is 15.6. The zero-order valence-electron chi connectivity index (χ0n) is 13.1. The first-order chi connectivity index (χ1) is 9.39. The minimum atomic E-state index is -2.00. The Bertz CT molecular complexity index is 448. The molecule has 0 saturated heterocycles. The van der Waals surface area contributed by atoms with E-state index in [1.807, 2.05) is 16.8 Å². The largest absolute Gasteiger partial charge is 0.401 e. The molecule has 5 nitrogen and oxygen atoms in total. The summed E-state index contributed by atoms with van der Waals surface area (Å²) in [6, 6.07) is 8.39. The molecule has 0 atom stereocenters. The van der Waals surface area contributed by atoms with Gasteiger partial charge in [-0.15, -0.1) is 14.0 Å². The molecule has 1 aromatic carbocycles. The van der Waals surface area contributed by atoms with Crippen LogP contribution in [0.3, 0.4) is 0 Å². The maximum absolute atomic E-state index is 6.51. The first-order valence-electron chi connectivity index (χ1n) is 6.51. The summed E-state index contributed by atoms with van der Waals surface area (Å²) in [5.74, 6) is 0.830. The second-order valence-corrected chi connectivity index (χ2v) is 9.83. The zero-order valence-corrected chi connectivity index (χ0v) is 14.8. The van der Waals surface area contributed by atoms with Gasteiger partial charge in [0.25, 0.3) is 0 Å². The van der Waals surface area contributed by atoms with Gasteiger partial charge in [0.15, 0.2) is 0 Å². The third kappa shape index (κ3) is 2.69. The Balaban J connectivity index is 2.30. The van der Waals surface area contributed by atoms with Crippen LogP contribution in [0, 0.1) is 0 Å². The third-order valence-electron chi connectivity index (χ3n) is 3.24. The highest BCUT2D eigenvalue weighted by molar-refractivity contribution is 7.99. The number of para-hydroxylation sites is 1. The van der Waals surface area contributed by atoms with E-state index in [0.29, 0.717) is 0 Å². The number of thioether (sulfide) groups is 1. The molecule has 0 saturated carbocycles. The Morgan fingerprint density at radius 2 is 1.55 bits per heavy atom. The second kappa shape index (κ2) is 6.18.